The zero-order valence-corrected chi connectivity index (χ0v) is 13.1. The number of urea groups is 1. The average Bonchev–Trinajstić information content (AvgIpc) is 3.14. The summed E-state index contributed by atoms with van der Waals surface area (Å²) in [4.78, 5) is 12.0. The molecule has 4 atom stereocenters. The largest absolute Gasteiger partial charge is 0.497 e. The molecule has 2 aliphatic heterocycles. The molecule has 1 aromatic carbocycles. The molecule has 132 valence electrons. The quantitative estimate of drug-likeness (QED) is 0.883. The lowest BCUT2D eigenvalue weighted by atomic mass is 9.96. The lowest BCUT2D eigenvalue weighted by Gasteiger charge is -2.25. The van der Waals surface area contributed by atoms with Crippen LogP contribution in [-0.4, -0.2) is 37.6 Å². The first-order valence-corrected chi connectivity index (χ1v) is 7.80. The summed E-state index contributed by atoms with van der Waals surface area (Å²) in [5, 5.41) is 4.63. The van der Waals surface area contributed by atoms with E-state index in [0.29, 0.717) is 12.2 Å². The maximum atomic E-state index is 13.3. The summed E-state index contributed by atoms with van der Waals surface area (Å²) in [6.07, 6.45) is -2.15. The summed E-state index contributed by atoms with van der Waals surface area (Å²) >= 11 is 0. The molecule has 0 aromatic heterocycles. The van der Waals surface area contributed by atoms with E-state index in [1.807, 2.05) is 5.32 Å². The Balaban J connectivity index is 1.66. The number of rotatable bonds is 4. The van der Waals surface area contributed by atoms with Gasteiger partial charge in [-0.25, -0.2) is 4.79 Å². The molecule has 2 N–H and O–H groups in total. The van der Waals surface area contributed by atoms with Crippen molar-refractivity contribution in [3.05, 3.63) is 29.8 Å². The molecule has 0 spiro atoms. The minimum atomic E-state index is -4.60. The van der Waals surface area contributed by atoms with Gasteiger partial charge in [0, 0.05) is 0 Å². The minimum absolute atomic E-state index is 0.0531. The molecular weight excluding hydrogens is 325 g/mol. The van der Waals surface area contributed by atoms with Crippen LogP contribution in [-0.2, 0) is 4.74 Å². The van der Waals surface area contributed by atoms with Gasteiger partial charge in [0.1, 0.15) is 5.75 Å². The molecule has 2 fully saturated rings. The maximum absolute atomic E-state index is 13.3. The van der Waals surface area contributed by atoms with Crippen molar-refractivity contribution in [2.75, 3.05) is 7.11 Å². The van der Waals surface area contributed by atoms with Gasteiger partial charge in [-0.1, -0.05) is 12.1 Å². The van der Waals surface area contributed by atoms with E-state index in [2.05, 4.69) is 5.32 Å². The Morgan fingerprint density at radius 2 is 2.00 bits per heavy atom. The second kappa shape index (κ2) is 6.51. The van der Waals surface area contributed by atoms with Crippen LogP contribution in [0.3, 0.4) is 0 Å². The van der Waals surface area contributed by atoms with E-state index in [4.69, 9.17) is 9.47 Å². The van der Waals surface area contributed by atoms with Crippen molar-refractivity contribution >= 4 is 6.03 Å². The summed E-state index contributed by atoms with van der Waals surface area (Å²) < 4.78 is 50.5. The molecule has 2 heterocycles. The third-order valence-corrected chi connectivity index (χ3v) is 4.47. The fourth-order valence-electron chi connectivity index (χ4n) is 3.28. The van der Waals surface area contributed by atoms with Crippen molar-refractivity contribution in [2.24, 2.45) is 0 Å². The molecule has 0 saturated carbocycles. The normalized spacial score (nSPS) is 26.9. The Bertz CT molecular complexity index is 591. The Morgan fingerprint density at radius 3 is 2.50 bits per heavy atom. The number of hydrogen-bond acceptors (Lipinski definition) is 3. The van der Waals surface area contributed by atoms with Crippen LogP contribution >= 0.6 is 0 Å². The molecule has 8 heteroatoms. The zero-order valence-electron chi connectivity index (χ0n) is 13.1. The SMILES string of the molecule is COc1ccc([C@@H](NC(=O)N[C@H]2C[C@H]3CC[C@H]2O3)C(F)(F)F)cc1. The predicted octanol–water partition coefficient (Wildman–Crippen LogP) is 2.92. The van der Waals surface area contributed by atoms with E-state index in [1.165, 1.54) is 31.4 Å². The molecule has 2 amide bonds. The number of amides is 2. The number of hydrogen-bond donors (Lipinski definition) is 2. The summed E-state index contributed by atoms with van der Waals surface area (Å²) in [5.41, 5.74) is -0.0531. The molecule has 1 aromatic rings. The van der Waals surface area contributed by atoms with Crippen molar-refractivity contribution in [1.82, 2.24) is 10.6 Å². The third kappa shape index (κ3) is 3.58. The zero-order chi connectivity index (χ0) is 17.3. The van der Waals surface area contributed by atoms with Gasteiger partial charge < -0.3 is 20.1 Å². The number of ether oxygens (including phenoxy) is 2. The van der Waals surface area contributed by atoms with E-state index in [-0.39, 0.29) is 23.8 Å². The van der Waals surface area contributed by atoms with Gasteiger partial charge in [0.25, 0.3) is 0 Å². The Morgan fingerprint density at radius 1 is 1.29 bits per heavy atom. The highest BCUT2D eigenvalue weighted by atomic mass is 19.4. The van der Waals surface area contributed by atoms with Gasteiger partial charge in [0.15, 0.2) is 6.04 Å². The molecule has 5 nitrogen and oxygen atoms in total. The van der Waals surface area contributed by atoms with E-state index in [9.17, 15) is 18.0 Å². The standard InChI is InChI=1S/C16H19F3N2O3/c1-23-10-4-2-9(3-5-10)14(16(17,18)19)21-15(22)20-12-8-11-6-7-13(12)24-11/h2-5,11-14H,6-8H2,1H3,(H2,20,21,22)/t11-,12+,13-,14-/m1/s1. The van der Waals surface area contributed by atoms with Crippen molar-refractivity contribution in [3.8, 4) is 5.75 Å². The number of carbonyl (C=O) groups excluding carboxylic acids is 1. The first-order chi connectivity index (χ1) is 11.4. The van der Waals surface area contributed by atoms with Crippen molar-refractivity contribution in [2.45, 2.75) is 49.7 Å². The fraction of sp³-hybridized carbons (Fsp3) is 0.562. The average molecular weight is 344 g/mol. The predicted molar refractivity (Wildman–Crippen MR) is 79.8 cm³/mol. The highest BCUT2D eigenvalue weighted by Crippen LogP contribution is 2.35. The van der Waals surface area contributed by atoms with E-state index >= 15 is 0 Å². The molecule has 0 aliphatic carbocycles. The lowest BCUT2D eigenvalue weighted by molar-refractivity contribution is -0.155. The number of halogens is 3. The second-order valence-electron chi connectivity index (χ2n) is 6.08. The molecule has 2 aliphatic rings. The van der Waals surface area contributed by atoms with Gasteiger partial charge in [-0.05, 0) is 37.0 Å². The number of alkyl halides is 3. The molecule has 0 unspecified atom stereocenters. The number of nitrogens with one attached hydrogen (secondary N) is 2. The van der Waals surface area contributed by atoms with Gasteiger partial charge >= 0.3 is 12.2 Å². The Hall–Kier alpha value is -1.96. The molecule has 2 bridgehead atoms. The first kappa shape index (κ1) is 16.9. The summed E-state index contributed by atoms with van der Waals surface area (Å²) in [7, 11) is 1.43. The van der Waals surface area contributed by atoms with Crippen LogP contribution in [0.15, 0.2) is 24.3 Å². The molecule has 24 heavy (non-hydrogen) atoms. The van der Waals surface area contributed by atoms with Crippen molar-refractivity contribution in [1.29, 1.82) is 0 Å². The third-order valence-electron chi connectivity index (χ3n) is 4.47. The van der Waals surface area contributed by atoms with Crippen LogP contribution in [0.4, 0.5) is 18.0 Å². The van der Waals surface area contributed by atoms with Gasteiger partial charge in [-0.15, -0.1) is 0 Å². The fourth-order valence-corrected chi connectivity index (χ4v) is 3.28. The smallest absolute Gasteiger partial charge is 0.412 e. The van der Waals surface area contributed by atoms with E-state index < -0.39 is 18.2 Å². The number of methoxy groups -OCH3 is 1. The highest BCUT2D eigenvalue weighted by Gasteiger charge is 2.44. The number of carbonyl (C=O) groups is 1. The van der Waals surface area contributed by atoms with E-state index in [0.717, 1.165) is 12.8 Å². The van der Waals surface area contributed by atoms with Gasteiger partial charge in [0.2, 0.25) is 0 Å². The van der Waals surface area contributed by atoms with Gasteiger partial charge in [-0.2, -0.15) is 13.2 Å². The van der Waals surface area contributed by atoms with Gasteiger partial charge in [-0.3, -0.25) is 0 Å². The summed E-state index contributed by atoms with van der Waals surface area (Å²) in [6, 6.07) is 2.29. The van der Waals surface area contributed by atoms with Crippen molar-refractivity contribution < 1.29 is 27.4 Å². The Labute approximate surface area is 137 Å². The molecule has 2 saturated heterocycles. The first-order valence-electron chi connectivity index (χ1n) is 7.80. The lowest BCUT2D eigenvalue weighted by Crippen LogP contribution is -2.49. The van der Waals surface area contributed by atoms with Crippen LogP contribution in [0, 0.1) is 0 Å². The van der Waals surface area contributed by atoms with Crippen molar-refractivity contribution in [3.63, 3.8) is 0 Å². The number of fused-ring (bicyclic) bond motifs is 2. The summed E-state index contributed by atoms with van der Waals surface area (Å²) in [5.74, 6) is 0.447. The van der Waals surface area contributed by atoms with Gasteiger partial charge in [0.05, 0.1) is 25.4 Å². The topological polar surface area (TPSA) is 59.6 Å². The highest BCUT2D eigenvalue weighted by molar-refractivity contribution is 5.75. The molecule has 0 radical (unpaired) electrons. The monoisotopic (exact) mass is 344 g/mol. The maximum Gasteiger partial charge on any atom is 0.412 e. The van der Waals surface area contributed by atoms with Crippen LogP contribution in [0.5, 0.6) is 5.75 Å². The minimum Gasteiger partial charge on any atom is -0.497 e. The molecule has 3 rings (SSSR count). The van der Waals surface area contributed by atoms with Crippen LogP contribution in [0.1, 0.15) is 30.9 Å². The Kier molecular flexibility index (Phi) is 4.58. The van der Waals surface area contributed by atoms with Crippen LogP contribution in [0.2, 0.25) is 0 Å². The van der Waals surface area contributed by atoms with Crippen LogP contribution in [0.25, 0.3) is 0 Å². The van der Waals surface area contributed by atoms with Crippen LogP contribution < -0.4 is 15.4 Å². The number of benzene rings is 1. The second-order valence-corrected chi connectivity index (χ2v) is 6.08. The summed E-state index contributed by atoms with van der Waals surface area (Å²) in [6.45, 7) is 0. The van der Waals surface area contributed by atoms with E-state index in [1.54, 1.807) is 0 Å². The molecular formula is C16H19F3N2O3.